The van der Waals surface area contributed by atoms with Crippen LogP contribution in [0.5, 0.6) is 0 Å². The summed E-state index contributed by atoms with van der Waals surface area (Å²) >= 11 is 1.80. The lowest BCUT2D eigenvalue weighted by atomic mass is 10.4. The van der Waals surface area contributed by atoms with Crippen molar-refractivity contribution in [3.63, 3.8) is 0 Å². The molecule has 2 N–H and O–H groups in total. The molecule has 12 heavy (non-hydrogen) atoms. The quantitative estimate of drug-likeness (QED) is 0.729. The first kappa shape index (κ1) is 11.5. The Labute approximate surface area is 79.4 Å². The van der Waals surface area contributed by atoms with E-state index in [4.69, 9.17) is 5.73 Å². The number of rotatable bonds is 3. The zero-order chi connectivity index (χ0) is 9.23. The van der Waals surface area contributed by atoms with Gasteiger partial charge in [0, 0.05) is 17.2 Å². The molecule has 0 saturated carbocycles. The van der Waals surface area contributed by atoms with E-state index in [-0.39, 0.29) is 0 Å². The summed E-state index contributed by atoms with van der Waals surface area (Å²) in [5.74, 6) is 1.00. The summed E-state index contributed by atoms with van der Waals surface area (Å²) in [6, 6.07) is 10.3. The lowest BCUT2D eigenvalue weighted by molar-refractivity contribution is 1.15. The third-order valence-electron chi connectivity index (χ3n) is 1.13. The van der Waals surface area contributed by atoms with Gasteiger partial charge in [0.2, 0.25) is 0 Å². The molecular weight excluding hydrogens is 166 g/mol. The summed E-state index contributed by atoms with van der Waals surface area (Å²) in [5.41, 5.74) is 5.36. The molecule has 0 bridgehead atoms. The third-order valence-corrected chi connectivity index (χ3v) is 2.18. The van der Waals surface area contributed by atoms with Gasteiger partial charge in [0.25, 0.3) is 0 Å². The highest BCUT2D eigenvalue weighted by atomic mass is 32.2. The first-order chi connectivity index (χ1) is 5.93. The minimum atomic E-state index is 0.750. The van der Waals surface area contributed by atoms with Gasteiger partial charge in [-0.05, 0) is 12.1 Å². The van der Waals surface area contributed by atoms with E-state index in [0.29, 0.717) is 0 Å². The van der Waals surface area contributed by atoms with Crippen LogP contribution < -0.4 is 5.73 Å². The van der Waals surface area contributed by atoms with Crippen LogP contribution in [0, 0.1) is 0 Å². The van der Waals surface area contributed by atoms with Crippen LogP contribution in [0.15, 0.2) is 35.2 Å². The normalized spacial score (nSPS) is 8.58. The molecule has 1 aromatic carbocycles. The Kier molecular flexibility index (Phi) is 8.29. The fraction of sp³-hybridized carbons (Fsp3) is 0.400. The van der Waals surface area contributed by atoms with Gasteiger partial charge < -0.3 is 5.73 Å². The SMILES string of the molecule is CC.NCCSc1ccccc1. The molecule has 0 aliphatic carbocycles. The number of hydrogen-bond donors (Lipinski definition) is 1. The van der Waals surface area contributed by atoms with Crippen molar-refractivity contribution in [2.24, 2.45) is 5.73 Å². The number of nitrogens with two attached hydrogens (primary N) is 1. The van der Waals surface area contributed by atoms with E-state index >= 15 is 0 Å². The molecule has 0 spiro atoms. The molecule has 0 saturated heterocycles. The Morgan fingerprint density at radius 2 is 1.75 bits per heavy atom. The predicted molar refractivity (Wildman–Crippen MR) is 57.6 cm³/mol. The Morgan fingerprint density at radius 3 is 2.25 bits per heavy atom. The summed E-state index contributed by atoms with van der Waals surface area (Å²) in [6.45, 7) is 4.75. The Balaban J connectivity index is 0.000000561. The van der Waals surface area contributed by atoms with Crippen LogP contribution in [-0.2, 0) is 0 Å². The van der Waals surface area contributed by atoms with Crippen molar-refractivity contribution in [2.75, 3.05) is 12.3 Å². The summed E-state index contributed by atoms with van der Waals surface area (Å²) in [5, 5.41) is 0. The summed E-state index contributed by atoms with van der Waals surface area (Å²) in [7, 11) is 0. The Bertz CT molecular complexity index is 174. The molecular formula is C10H17NS. The molecule has 1 aromatic rings. The summed E-state index contributed by atoms with van der Waals surface area (Å²) in [4.78, 5) is 1.30. The van der Waals surface area contributed by atoms with Crippen molar-refractivity contribution in [3.05, 3.63) is 30.3 Å². The van der Waals surface area contributed by atoms with Crippen molar-refractivity contribution < 1.29 is 0 Å². The first-order valence-corrected chi connectivity index (χ1v) is 5.30. The van der Waals surface area contributed by atoms with E-state index in [1.807, 2.05) is 32.0 Å². The Hall–Kier alpha value is -0.470. The molecule has 0 fully saturated rings. The molecule has 0 amide bonds. The van der Waals surface area contributed by atoms with E-state index in [0.717, 1.165) is 12.3 Å². The standard InChI is InChI=1S/C8H11NS.C2H6/c9-6-7-10-8-4-2-1-3-5-8;1-2/h1-5H,6-7,9H2;1-2H3. The van der Waals surface area contributed by atoms with Crippen molar-refractivity contribution >= 4 is 11.8 Å². The highest BCUT2D eigenvalue weighted by Crippen LogP contribution is 2.15. The maximum Gasteiger partial charge on any atom is 0.0103 e. The van der Waals surface area contributed by atoms with E-state index in [2.05, 4.69) is 12.1 Å². The second-order valence-corrected chi connectivity index (χ2v) is 3.12. The van der Waals surface area contributed by atoms with Crippen LogP contribution in [-0.4, -0.2) is 12.3 Å². The van der Waals surface area contributed by atoms with Crippen LogP contribution >= 0.6 is 11.8 Å². The molecule has 0 heterocycles. The number of benzene rings is 1. The zero-order valence-electron chi connectivity index (χ0n) is 7.79. The highest BCUT2D eigenvalue weighted by molar-refractivity contribution is 7.99. The van der Waals surface area contributed by atoms with Crippen molar-refractivity contribution in [3.8, 4) is 0 Å². The van der Waals surface area contributed by atoms with Gasteiger partial charge in [0.15, 0.2) is 0 Å². The maximum absolute atomic E-state index is 5.36. The third kappa shape index (κ3) is 5.22. The van der Waals surface area contributed by atoms with Gasteiger partial charge in [0.05, 0.1) is 0 Å². The van der Waals surface area contributed by atoms with Gasteiger partial charge in [-0.3, -0.25) is 0 Å². The lowest BCUT2D eigenvalue weighted by Gasteiger charge is -1.96. The smallest absolute Gasteiger partial charge is 0.0103 e. The molecule has 0 unspecified atom stereocenters. The van der Waals surface area contributed by atoms with Gasteiger partial charge in [-0.1, -0.05) is 32.0 Å². The fourth-order valence-corrected chi connectivity index (χ4v) is 1.40. The average Bonchev–Trinajstić information content (AvgIpc) is 2.19. The first-order valence-electron chi connectivity index (χ1n) is 4.31. The van der Waals surface area contributed by atoms with Crippen molar-refractivity contribution in [2.45, 2.75) is 18.7 Å². The van der Waals surface area contributed by atoms with Crippen LogP contribution in [0.1, 0.15) is 13.8 Å². The van der Waals surface area contributed by atoms with E-state index in [1.54, 1.807) is 11.8 Å². The topological polar surface area (TPSA) is 26.0 Å². The second-order valence-electron chi connectivity index (χ2n) is 1.95. The highest BCUT2D eigenvalue weighted by Gasteiger charge is 1.87. The molecule has 0 aliphatic rings. The van der Waals surface area contributed by atoms with Crippen LogP contribution in [0.4, 0.5) is 0 Å². The van der Waals surface area contributed by atoms with Crippen molar-refractivity contribution in [1.29, 1.82) is 0 Å². The van der Waals surface area contributed by atoms with E-state index in [9.17, 15) is 0 Å². The molecule has 1 rings (SSSR count). The van der Waals surface area contributed by atoms with Crippen LogP contribution in [0.2, 0.25) is 0 Å². The minimum absolute atomic E-state index is 0.750. The van der Waals surface area contributed by atoms with Gasteiger partial charge >= 0.3 is 0 Å². The summed E-state index contributed by atoms with van der Waals surface area (Å²) < 4.78 is 0. The van der Waals surface area contributed by atoms with Gasteiger partial charge in [-0.25, -0.2) is 0 Å². The molecule has 0 aromatic heterocycles. The van der Waals surface area contributed by atoms with E-state index in [1.165, 1.54) is 4.90 Å². The monoisotopic (exact) mass is 183 g/mol. The average molecular weight is 183 g/mol. The van der Waals surface area contributed by atoms with E-state index < -0.39 is 0 Å². The van der Waals surface area contributed by atoms with Gasteiger partial charge in [-0.2, -0.15) is 0 Å². The second kappa shape index (κ2) is 8.62. The molecule has 0 atom stereocenters. The van der Waals surface area contributed by atoms with Gasteiger partial charge in [0.1, 0.15) is 0 Å². The summed E-state index contributed by atoms with van der Waals surface area (Å²) in [6.07, 6.45) is 0. The van der Waals surface area contributed by atoms with Crippen LogP contribution in [0.3, 0.4) is 0 Å². The molecule has 1 nitrogen and oxygen atoms in total. The van der Waals surface area contributed by atoms with Crippen molar-refractivity contribution in [1.82, 2.24) is 0 Å². The molecule has 2 heteroatoms. The predicted octanol–water partition coefficient (Wildman–Crippen LogP) is 2.76. The van der Waals surface area contributed by atoms with Crippen LogP contribution in [0.25, 0.3) is 0 Å². The van der Waals surface area contributed by atoms with Gasteiger partial charge in [-0.15, -0.1) is 11.8 Å². The number of thioether (sulfide) groups is 1. The maximum atomic E-state index is 5.36. The molecule has 68 valence electrons. The minimum Gasteiger partial charge on any atom is -0.330 e. The molecule has 0 aliphatic heterocycles. The Morgan fingerprint density at radius 1 is 1.17 bits per heavy atom. The number of hydrogen-bond acceptors (Lipinski definition) is 2. The fourth-order valence-electron chi connectivity index (χ4n) is 0.693. The zero-order valence-corrected chi connectivity index (χ0v) is 8.60. The molecule has 0 radical (unpaired) electrons. The lowest BCUT2D eigenvalue weighted by Crippen LogP contribution is -2.00. The largest absolute Gasteiger partial charge is 0.330 e.